The number of imide groups is 2. The lowest BCUT2D eigenvalue weighted by Crippen LogP contribution is -2.63. The number of alkyl halides is 1. The van der Waals surface area contributed by atoms with Crippen molar-refractivity contribution in [2.24, 2.45) is 0 Å². The summed E-state index contributed by atoms with van der Waals surface area (Å²) in [5, 5.41) is 0. The molecule has 1 heterocycles. The first-order valence-electron chi connectivity index (χ1n) is 3.59. The summed E-state index contributed by atoms with van der Waals surface area (Å²) >= 11 is 5.69. The van der Waals surface area contributed by atoms with Crippen LogP contribution in [0.1, 0.15) is 6.92 Å². The summed E-state index contributed by atoms with van der Waals surface area (Å²) in [6.07, 6.45) is 0. The number of barbiturate groups is 1. The van der Waals surface area contributed by atoms with Crippen molar-refractivity contribution < 1.29 is 14.4 Å². The Morgan fingerprint density at radius 1 is 1.08 bits per heavy atom. The third-order valence-corrected chi connectivity index (χ3v) is 2.31. The number of rotatable bonds is 0. The van der Waals surface area contributed by atoms with E-state index in [1.807, 2.05) is 0 Å². The van der Waals surface area contributed by atoms with Gasteiger partial charge in [-0.2, -0.15) is 0 Å². The highest BCUT2D eigenvalue weighted by Gasteiger charge is 2.50. The van der Waals surface area contributed by atoms with E-state index in [1.165, 1.54) is 21.0 Å². The van der Waals surface area contributed by atoms with Gasteiger partial charge < -0.3 is 0 Å². The lowest BCUT2D eigenvalue weighted by molar-refractivity contribution is -0.144. The summed E-state index contributed by atoms with van der Waals surface area (Å²) in [5.41, 5.74) is 0. The van der Waals surface area contributed by atoms with Crippen molar-refractivity contribution >= 4 is 29.4 Å². The van der Waals surface area contributed by atoms with Crippen LogP contribution in [0.5, 0.6) is 0 Å². The van der Waals surface area contributed by atoms with Crippen molar-refractivity contribution in [1.29, 1.82) is 0 Å². The molecule has 0 atom stereocenters. The lowest BCUT2D eigenvalue weighted by atomic mass is 10.1. The molecule has 0 aromatic heterocycles. The molecule has 0 N–H and O–H groups in total. The van der Waals surface area contributed by atoms with Crippen LogP contribution in [-0.2, 0) is 9.59 Å². The first-order chi connectivity index (χ1) is 5.80. The van der Waals surface area contributed by atoms with Crippen LogP contribution in [0.2, 0.25) is 0 Å². The summed E-state index contributed by atoms with van der Waals surface area (Å²) in [7, 11) is 2.57. The number of carbonyl (C=O) groups is 3. The molecule has 6 heteroatoms. The Balaban J connectivity index is 3.15. The zero-order chi connectivity index (χ0) is 10.4. The molecule has 0 unspecified atom stereocenters. The number of hydrogen-bond donors (Lipinski definition) is 0. The average Bonchev–Trinajstić information content (AvgIpc) is 2.09. The highest BCUT2D eigenvalue weighted by atomic mass is 35.5. The molecule has 0 spiro atoms. The van der Waals surface area contributed by atoms with Crippen molar-refractivity contribution in [2.75, 3.05) is 14.1 Å². The van der Waals surface area contributed by atoms with E-state index in [2.05, 4.69) is 0 Å². The Labute approximate surface area is 80.2 Å². The minimum atomic E-state index is -1.66. The maximum Gasteiger partial charge on any atom is 0.332 e. The number of hydrogen-bond acceptors (Lipinski definition) is 3. The van der Waals surface area contributed by atoms with Gasteiger partial charge in [0.2, 0.25) is 0 Å². The minimum Gasteiger partial charge on any atom is -0.272 e. The molecule has 0 aliphatic carbocycles. The molecule has 13 heavy (non-hydrogen) atoms. The monoisotopic (exact) mass is 204 g/mol. The molecule has 5 nitrogen and oxygen atoms in total. The third kappa shape index (κ3) is 1.19. The first kappa shape index (κ1) is 9.98. The van der Waals surface area contributed by atoms with Crippen LogP contribution in [0.3, 0.4) is 0 Å². The molecule has 1 aliphatic rings. The van der Waals surface area contributed by atoms with E-state index in [0.717, 1.165) is 9.80 Å². The second-order valence-corrected chi connectivity index (χ2v) is 3.77. The molecular formula is C7H9ClN2O3. The molecule has 0 aromatic rings. The van der Waals surface area contributed by atoms with Crippen molar-refractivity contribution in [3.8, 4) is 0 Å². The van der Waals surface area contributed by atoms with Gasteiger partial charge >= 0.3 is 6.03 Å². The van der Waals surface area contributed by atoms with Gasteiger partial charge in [0, 0.05) is 14.1 Å². The summed E-state index contributed by atoms with van der Waals surface area (Å²) < 4.78 is 0. The first-order valence-corrected chi connectivity index (χ1v) is 3.97. The molecule has 1 saturated heterocycles. The Kier molecular flexibility index (Phi) is 2.07. The van der Waals surface area contributed by atoms with Gasteiger partial charge in [0.05, 0.1) is 0 Å². The molecule has 4 amide bonds. The van der Waals surface area contributed by atoms with E-state index in [4.69, 9.17) is 11.6 Å². The van der Waals surface area contributed by atoms with Crippen LogP contribution in [0.25, 0.3) is 0 Å². The van der Waals surface area contributed by atoms with E-state index in [-0.39, 0.29) is 0 Å². The smallest absolute Gasteiger partial charge is 0.272 e. The van der Waals surface area contributed by atoms with Gasteiger partial charge in [-0.1, -0.05) is 11.6 Å². The molecule has 1 rings (SSSR count). The summed E-state index contributed by atoms with van der Waals surface area (Å²) in [6, 6.07) is -0.659. The Bertz CT molecular complexity index is 274. The molecule has 1 fully saturated rings. The maximum absolute atomic E-state index is 11.3. The zero-order valence-corrected chi connectivity index (χ0v) is 8.25. The van der Waals surface area contributed by atoms with Gasteiger partial charge in [-0.05, 0) is 6.92 Å². The van der Waals surface area contributed by atoms with E-state index in [9.17, 15) is 14.4 Å². The van der Waals surface area contributed by atoms with Crippen LogP contribution in [0, 0.1) is 0 Å². The lowest BCUT2D eigenvalue weighted by Gasteiger charge is -2.35. The Hall–Kier alpha value is -1.10. The fourth-order valence-corrected chi connectivity index (χ4v) is 1.37. The standard InChI is InChI=1S/C7H9ClN2O3/c1-7(8)4(11)9(2)6(13)10(3)5(7)12/h1-3H3. The summed E-state index contributed by atoms with van der Waals surface area (Å²) in [5.74, 6) is -1.38. The molecular weight excluding hydrogens is 196 g/mol. The molecule has 1 aliphatic heterocycles. The van der Waals surface area contributed by atoms with Crippen LogP contribution in [-0.4, -0.2) is 46.6 Å². The zero-order valence-electron chi connectivity index (χ0n) is 7.50. The molecule has 72 valence electrons. The van der Waals surface area contributed by atoms with Crippen molar-refractivity contribution in [1.82, 2.24) is 9.80 Å². The molecule has 0 bridgehead atoms. The number of nitrogens with zero attached hydrogens (tertiary/aromatic N) is 2. The SMILES string of the molecule is CN1C(=O)N(C)C(=O)C(C)(Cl)C1=O. The highest BCUT2D eigenvalue weighted by Crippen LogP contribution is 2.25. The van der Waals surface area contributed by atoms with Gasteiger partial charge in [-0.15, -0.1) is 0 Å². The average molecular weight is 205 g/mol. The second kappa shape index (κ2) is 2.70. The minimum absolute atomic E-state index is 0.659. The van der Waals surface area contributed by atoms with Crippen LogP contribution in [0.4, 0.5) is 4.79 Å². The van der Waals surface area contributed by atoms with E-state index in [1.54, 1.807) is 0 Å². The summed E-state index contributed by atoms with van der Waals surface area (Å²) in [4.78, 5) is 33.9. The predicted molar refractivity (Wildman–Crippen MR) is 45.2 cm³/mol. The van der Waals surface area contributed by atoms with Crippen LogP contribution in [0.15, 0.2) is 0 Å². The Morgan fingerprint density at radius 3 is 1.69 bits per heavy atom. The summed E-state index contributed by atoms with van der Waals surface area (Å²) in [6.45, 7) is 1.28. The highest BCUT2D eigenvalue weighted by molar-refractivity contribution is 6.48. The topological polar surface area (TPSA) is 57.7 Å². The number of amides is 4. The molecule has 0 saturated carbocycles. The molecule has 0 aromatic carbocycles. The number of carbonyl (C=O) groups excluding carboxylic acids is 3. The van der Waals surface area contributed by atoms with Gasteiger partial charge in [0.1, 0.15) is 0 Å². The van der Waals surface area contributed by atoms with Gasteiger partial charge in [-0.25, -0.2) is 4.79 Å². The fraction of sp³-hybridized carbons (Fsp3) is 0.571. The Morgan fingerprint density at radius 2 is 1.38 bits per heavy atom. The van der Waals surface area contributed by atoms with E-state index >= 15 is 0 Å². The van der Waals surface area contributed by atoms with Crippen molar-refractivity contribution in [3.63, 3.8) is 0 Å². The van der Waals surface area contributed by atoms with Crippen molar-refractivity contribution in [2.45, 2.75) is 11.8 Å². The maximum atomic E-state index is 11.3. The van der Waals surface area contributed by atoms with E-state index in [0.29, 0.717) is 0 Å². The normalized spacial score (nSPS) is 22.6. The number of urea groups is 1. The predicted octanol–water partition coefficient (Wildman–Crippen LogP) is 0.0343. The van der Waals surface area contributed by atoms with E-state index < -0.39 is 22.7 Å². The van der Waals surface area contributed by atoms with Gasteiger partial charge in [0.25, 0.3) is 11.8 Å². The largest absolute Gasteiger partial charge is 0.332 e. The van der Waals surface area contributed by atoms with Crippen LogP contribution < -0.4 is 0 Å². The van der Waals surface area contributed by atoms with Gasteiger partial charge in [-0.3, -0.25) is 19.4 Å². The van der Waals surface area contributed by atoms with Gasteiger partial charge in [0.15, 0.2) is 4.87 Å². The second-order valence-electron chi connectivity index (χ2n) is 3.01. The van der Waals surface area contributed by atoms with Crippen molar-refractivity contribution in [3.05, 3.63) is 0 Å². The quantitative estimate of drug-likeness (QED) is 0.413. The molecule has 0 radical (unpaired) electrons. The van der Waals surface area contributed by atoms with Crippen LogP contribution >= 0.6 is 11.6 Å². The number of halogens is 1. The third-order valence-electron chi connectivity index (χ3n) is 1.99. The fourth-order valence-electron chi connectivity index (χ4n) is 1.12.